The monoisotopic (exact) mass is 226 g/mol. The fourth-order valence-corrected chi connectivity index (χ4v) is 1.15. The Labute approximate surface area is 93.9 Å². The highest BCUT2D eigenvalue weighted by atomic mass is 16.7. The zero-order valence-electron chi connectivity index (χ0n) is 9.48. The quantitative estimate of drug-likeness (QED) is 0.562. The first kappa shape index (κ1) is 12.3. The molecule has 1 aromatic rings. The zero-order chi connectivity index (χ0) is 12.0. The maximum absolute atomic E-state index is 11.4. The summed E-state index contributed by atoms with van der Waals surface area (Å²) in [4.78, 5) is 11.4. The van der Waals surface area contributed by atoms with Crippen LogP contribution in [0.25, 0.3) is 0 Å². The fourth-order valence-electron chi connectivity index (χ4n) is 1.15. The number of rotatable bonds is 5. The molecule has 0 heterocycles. The molecule has 0 amide bonds. The Bertz CT molecular complexity index is 361. The summed E-state index contributed by atoms with van der Waals surface area (Å²) in [6.07, 6.45) is 0. The summed E-state index contributed by atoms with van der Waals surface area (Å²) in [6.45, 7) is 0.0527. The number of carbonyl (C=O) groups is 1. The lowest BCUT2D eigenvalue weighted by Crippen LogP contribution is -2.07. The molecule has 0 bridgehead atoms. The van der Waals surface area contributed by atoms with Crippen molar-refractivity contribution in [1.82, 2.24) is 0 Å². The van der Waals surface area contributed by atoms with Crippen molar-refractivity contribution >= 4 is 5.97 Å². The molecule has 16 heavy (non-hydrogen) atoms. The standard InChI is InChI=1S/C11H14O5/c1-13-7-16-10-6-8(14-2)4-5-9(10)11(12)15-3/h4-6H,7H2,1-3H3. The normalized spacial score (nSPS) is 9.69. The van der Waals surface area contributed by atoms with E-state index in [0.717, 1.165) is 0 Å². The molecule has 5 nitrogen and oxygen atoms in total. The summed E-state index contributed by atoms with van der Waals surface area (Å²) < 4.78 is 19.7. The van der Waals surface area contributed by atoms with Crippen LogP contribution < -0.4 is 9.47 Å². The number of hydrogen-bond acceptors (Lipinski definition) is 5. The molecule has 0 saturated heterocycles. The molecule has 5 heteroatoms. The average molecular weight is 226 g/mol. The van der Waals surface area contributed by atoms with E-state index in [1.54, 1.807) is 18.2 Å². The van der Waals surface area contributed by atoms with Crippen molar-refractivity contribution in [1.29, 1.82) is 0 Å². The first-order chi connectivity index (χ1) is 7.72. The van der Waals surface area contributed by atoms with Gasteiger partial charge >= 0.3 is 5.97 Å². The molecule has 0 atom stereocenters. The van der Waals surface area contributed by atoms with Gasteiger partial charge in [-0.3, -0.25) is 0 Å². The molecule has 0 aliphatic carbocycles. The lowest BCUT2D eigenvalue weighted by molar-refractivity contribution is 0.0464. The van der Waals surface area contributed by atoms with Gasteiger partial charge in [0.05, 0.1) is 14.2 Å². The minimum absolute atomic E-state index is 0.0527. The van der Waals surface area contributed by atoms with Crippen LogP contribution in [0.5, 0.6) is 11.5 Å². The fraction of sp³-hybridized carbons (Fsp3) is 0.364. The van der Waals surface area contributed by atoms with Crippen LogP contribution in [0.3, 0.4) is 0 Å². The molecular weight excluding hydrogens is 212 g/mol. The molecule has 0 aliphatic rings. The second-order valence-corrected chi connectivity index (χ2v) is 2.90. The van der Waals surface area contributed by atoms with E-state index < -0.39 is 5.97 Å². The van der Waals surface area contributed by atoms with Crippen molar-refractivity contribution in [3.05, 3.63) is 23.8 Å². The molecule has 0 spiro atoms. The Morgan fingerprint density at radius 3 is 2.56 bits per heavy atom. The Balaban J connectivity index is 3.00. The highest BCUT2D eigenvalue weighted by molar-refractivity contribution is 5.92. The minimum Gasteiger partial charge on any atom is -0.497 e. The predicted octanol–water partition coefficient (Wildman–Crippen LogP) is 1.46. The van der Waals surface area contributed by atoms with E-state index in [9.17, 15) is 4.79 Å². The van der Waals surface area contributed by atoms with Gasteiger partial charge in [0, 0.05) is 13.2 Å². The molecule has 1 aromatic carbocycles. The van der Waals surface area contributed by atoms with Gasteiger partial charge in [-0.15, -0.1) is 0 Å². The summed E-state index contributed by atoms with van der Waals surface area (Å²) in [5.41, 5.74) is 0.334. The SMILES string of the molecule is COCOc1cc(OC)ccc1C(=O)OC. The number of benzene rings is 1. The van der Waals surface area contributed by atoms with E-state index >= 15 is 0 Å². The van der Waals surface area contributed by atoms with E-state index in [-0.39, 0.29) is 6.79 Å². The third kappa shape index (κ3) is 2.87. The first-order valence-electron chi connectivity index (χ1n) is 4.61. The second kappa shape index (κ2) is 5.97. The summed E-state index contributed by atoms with van der Waals surface area (Å²) in [5.74, 6) is 0.501. The van der Waals surface area contributed by atoms with Crippen molar-refractivity contribution in [2.24, 2.45) is 0 Å². The second-order valence-electron chi connectivity index (χ2n) is 2.90. The summed E-state index contributed by atoms with van der Waals surface area (Å²) in [5, 5.41) is 0. The van der Waals surface area contributed by atoms with E-state index in [1.807, 2.05) is 0 Å². The third-order valence-corrected chi connectivity index (χ3v) is 1.93. The maximum Gasteiger partial charge on any atom is 0.341 e. The highest BCUT2D eigenvalue weighted by Gasteiger charge is 2.13. The van der Waals surface area contributed by atoms with Gasteiger partial charge in [0.25, 0.3) is 0 Å². The van der Waals surface area contributed by atoms with Crippen molar-refractivity contribution in [3.8, 4) is 11.5 Å². The summed E-state index contributed by atoms with van der Waals surface area (Å²) in [6, 6.07) is 4.84. The van der Waals surface area contributed by atoms with Crippen LogP contribution in [0.4, 0.5) is 0 Å². The van der Waals surface area contributed by atoms with Crippen molar-refractivity contribution in [2.75, 3.05) is 28.1 Å². The lowest BCUT2D eigenvalue weighted by Gasteiger charge is -2.10. The lowest BCUT2D eigenvalue weighted by atomic mass is 10.2. The predicted molar refractivity (Wildman–Crippen MR) is 56.8 cm³/mol. The van der Waals surface area contributed by atoms with Gasteiger partial charge < -0.3 is 18.9 Å². The Morgan fingerprint density at radius 2 is 2.00 bits per heavy atom. The van der Waals surface area contributed by atoms with Crippen LogP contribution in [0.15, 0.2) is 18.2 Å². The largest absolute Gasteiger partial charge is 0.497 e. The average Bonchev–Trinajstić information content (AvgIpc) is 2.34. The molecule has 0 unspecified atom stereocenters. The van der Waals surface area contributed by atoms with E-state index in [2.05, 4.69) is 4.74 Å². The number of carbonyl (C=O) groups excluding carboxylic acids is 1. The molecule has 0 N–H and O–H groups in total. The van der Waals surface area contributed by atoms with Crippen LogP contribution in [0, 0.1) is 0 Å². The van der Waals surface area contributed by atoms with Crippen LogP contribution in [0.2, 0.25) is 0 Å². The van der Waals surface area contributed by atoms with Gasteiger partial charge in [-0.1, -0.05) is 0 Å². The van der Waals surface area contributed by atoms with Crippen molar-refractivity contribution in [3.63, 3.8) is 0 Å². The Morgan fingerprint density at radius 1 is 1.25 bits per heavy atom. The molecule has 0 saturated carbocycles. The molecule has 0 fully saturated rings. The van der Waals surface area contributed by atoms with Crippen molar-refractivity contribution < 1.29 is 23.7 Å². The highest BCUT2D eigenvalue weighted by Crippen LogP contribution is 2.25. The topological polar surface area (TPSA) is 54.0 Å². The molecule has 0 aromatic heterocycles. The van der Waals surface area contributed by atoms with Crippen LogP contribution in [-0.4, -0.2) is 34.1 Å². The minimum atomic E-state index is -0.464. The van der Waals surface area contributed by atoms with Crippen LogP contribution >= 0.6 is 0 Å². The van der Waals surface area contributed by atoms with Crippen molar-refractivity contribution in [2.45, 2.75) is 0 Å². The maximum atomic E-state index is 11.4. The van der Waals surface area contributed by atoms with Gasteiger partial charge in [-0.05, 0) is 12.1 Å². The van der Waals surface area contributed by atoms with E-state index in [4.69, 9.17) is 14.2 Å². The zero-order valence-corrected chi connectivity index (χ0v) is 9.48. The molecule has 88 valence electrons. The molecule has 1 rings (SSSR count). The van der Waals surface area contributed by atoms with Gasteiger partial charge in [-0.2, -0.15) is 0 Å². The number of methoxy groups -OCH3 is 3. The number of ether oxygens (including phenoxy) is 4. The van der Waals surface area contributed by atoms with Crippen LogP contribution in [0.1, 0.15) is 10.4 Å². The van der Waals surface area contributed by atoms with Gasteiger partial charge in [0.1, 0.15) is 17.1 Å². The van der Waals surface area contributed by atoms with Gasteiger partial charge in [-0.25, -0.2) is 4.79 Å². The Kier molecular flexibility index (Phi) is 4.60. The van der Waals surface area contributed by atoms with Gasteiger partial charge in [0.15, 0.2) is 6.79 Å². The molecular formula is C11H14O5. The number of hydrogen-bond donors (Lipinski definition) is 0. The van der Waals surface area contributed by atoms with Gasteiger partial charge in [0.2, 0.25) is 0 Å². The van der Waals surface area contributed by atoms with E-state index in [1.165, 1.54) is 21.3 Å². The molecule has 0 aliphatic heterocycles. The van der Waals surface area contributed by atoms with Crippen LogP contribution in [-0.2, 0) is 9.47 Å². The summed E-state index contributed by atoms with van der Waals surface area (Å²) in [7, 11) is 4.35. The summed E-state index contributed by atoms with van der Waals surface area (Å²) >= 11 is 0. The first-order valence-corrected chi connectivity index (χ1v) is 4.61. The van der Waals surface area contributed by atoms with E-state index in [0.29, 0.717) is 17.1 Å². The Hall–Kier alpha value is -1.75. The molecule has 0 radical (unpaired) electrons. The smallest absolute Gasteiger partial charge is 0.341 e. The number of esters is 1. The third-order valence-electron chi connectivity index (χ3n) is 1.93.